The molecule has 2 radical (unpaired) electrons. The van der Waals surface area contributed by atoms with Crippen molar-refractivity contribution in [3.8, 4) is 0 Å². The SMILES string of the molecule is [CH2]CCCCCCCCCCCCCCCCCC(C)CCCC[CH2]. The van der Waals surface area contributed by atoms with Crippen LogP contribution in [0, 0.1) is 19.8 Å². The first kappa shape index (κ1) is 25.0. The molecular weight excluding hydrogens is 300 g/mol. The summed E-state index contributed by atoms with van der Waals surface area (Å²) in [5, 5.41) is 0. The largest absolute Gasteiger partial charge is 0.0625 e. The lowest BCUT2D eigenvalue weighted by Crippen LogP contribution is -1.94. The fraction of sp³-hybridized carbons (Fsp3) is 0.920. The molecule has 1 unspecified atom stereocenters. The third-order valence-electron chi connectivity index (χ3n) is 5.64. The highest BCUT2D eigenvalue weighted by molar-refractivity contribution is 4.56. The van der Waals surface area contributed by atoms with E-state index in [-0.39, 0.29) is 0 Å². The Morgan fingerprint density at radius 2 is 0.640 bits per heavy atom. The highest BCUT2D eigenvalue weighted by atomic mass is 14.1. The summed E-state index contributed by atoms with van der Waals surface area (Å²) in [7, 11) is 0. The maximum atomic E-state index is 3.93. The van der Waals surface area contributed by atoms with Crippen molar-refractivity contribution in [1.29, 1.82) is 0 Å². The third-order valence-corrected chi connectivity index (χ3v) is 5.64. The van der Waals surface area contributed by atoms with E-state index in [0.29, 0.717) is 0 Å². The van der Waals surface area contributed by atoms with E-state index < -0.39 is 0 Å². The Morgan fingerprint density at radius 1 is 0.400 bits per heavy atom. The van der Waals surface area contributed by atoms with Crippen LogP contribution >= 0.6 is 0 Å². The molecule has 0 aromatic rings. The van der Waals surface area contributed by atoms with Crippen LogP contribution in [0.25, 0.3) is 0 Å². The minimum atomic E-state index is 0.940. The zero-order valence-electron chi connectivity index (χ0n) is 17.8. The van der Waals surface area contributed by atoms with Gasteiger partial charge >= 0.3 is 0 Å². The second kappa shape index (κ2) is 22.0. The van der Waals surface area contributed by atoms with Gasteiger partial charge in [0, 0.05) is 0 Å². The molecule has 0 aliphatic heterocycles. The van der Waals surface area contributed by atoms with Gasteiger partial charge in [0.2, 0.25) is 0 Å². The Balaban J connectivity index is 3.05. The first-order valence-corrected chi connectivity index (χ1v) is 11.9. The Labute approximate surface area is 161 Å². The molecule has 25 heavy (non-hydrogen) atoms. The van der Waals surface area contributed by atoms with Crippen LogP contribution in [0.1, 0.15) is 142 Å². The normalized spacial score (nSPS) is 12.6. The molecule has 0 heterocycles. The zero-order chi connectivity index (χ0) is 18.4. The molecular formula is C25H50. The average Bonchev–Trinajstić information content (AvgIpc) is 2.61. The molecule has 0 aliphatic rings. The smallest absolute Gasteiger partial charge is 0.0443 e. The van der Waals surface area contributed by atoms with Gasteiger partial charge in [0.1, 0.15) is 0 Å². The van der Waals surface area contributed by atoms with Gasteiger partial charge in [-0.2, -0.15) is 0 Å². The van der Waals surface area contributed by atoms with Gasteiger partial charge in [-0.3, -0.25) is 0 Å². The summed E-state index contributed by atoms with van der Waals surface area (Å²) in [5.74, 6) is 0.940. The molecule has 0 aromatic heterocycles. The fourth-order valence-corrected chi connectivity index (χ4v) is 3.78. The van der Waals surface area contributed by atoms with Gasteiger partial charge in [-0.05, 0) is 5.92 Å². The summed E-state index contributed by atoms with van der Waals surface area (Å²) >= 11 is 0. The molecule has 0 aromatic carbocycles. The van der Waals surface area contributed by atoms with Crippen LogP contribution in [-0.2, 0) is 0 Å². The third kappa shape index (κ3) is 22.0. The fourth-order valence-electron chi connectivity index (χ4n) is 3.78. The molecule has 0 saturated carbocycles. The number of unbranched alkanes of at least 4 members (excludes halogenated alkanes) is 17. The van der Waals surface area contributed by atoms with E-state index in [1.807, 2.05) is 0 Å². The molecule has 0 aliphatic carbocycles. The summed E-state index contributed by atoms with van der Waals surface area (Å²) in [5.41, 5.74) is 0. The van der Waals surface area contributed by atoms with Crippen molar-refractivity contribution in [2.75, 3.05) is 0 Å². The lowest BCUT2D eigenvalue weighted by molar-refractivity contribution is 0.437. The van der Waals surface area contributed by atoms with Gasteiger partial charge in [0.15, 0.2) is 0 Å². The Morgan fingerprint density at radius 3 is 1.00 bits per heavy atom. The van der Waals surface area contributed by atoms with E-state index in [4.69, 9.17) is 0 Å². The molecule has 0 fully saturated rings. The number of hydrogen-bond acceptors (Lipinski definition) is 0. The zero-order valence-corrected chi connectivity index (χ0v) is 17.8. The highest BCUT2D eigenvalue weighted by Crippen LogP contribution is 2.18. The molecule has 0 amide bonds. The van der Waals surface area contributed by atoms with E-state index in [1.165, 1.54) is 122 Å². The molecule has 0 saturated heterocycles. The van der Waals surface area contributed by atoms with Crippen LogP contribution in [0.2, 0.25) is 0 Å². The number of hydrogen-bond donors (Lipinski definition) is 0. The van der Waals surface area contributed by atoms with Crippen LogP contribution in [-0.4, -0.2) is 0 Å². The van der Waals surface area contributed by atoms with Gasteiger partial charge < -0.3 is 0 Å². The quantitative estimate of drug-likeness (QED) is 0.181. The van der Waals surface area contributed by atoms with Crippen LogP contribution in [0.4, 0.5) is 0 Å². The van der Waals surface area contributed by atoms with Crippen molar-refractivity contribution >= 4 is 0 Å². The van der Waals surface area contributed by atoms with Gasteiger partial charge in [-0.1, -0.05) is 156 Å². The van der Waals surface area contributed by atoms with Crippen molar-refractivity contribution < 1.29 is 0 Å². The minimum absolute atomic E-state index is 0.940. The van der Waals surface area contributed by atoms with Gasteiger partial charge in [-0.25, -0.2) is 0 Å². The highest BCUT2D eigenvalue weighted by Gasteiger charge is 2.01. The summed E-state index contributed by atoms with van der Waals surface area (Å²) in [4.78, 5) is 0. The molecule has 0 bridgehead atoms. The first-order chi connectivity index (χ1) is 12.3. The molecule has 0 rings (SSSR count). The standard InChI is InChI=1S/C25H50/c1-4-6-8-9-10-11-12-13-14-15-16-17-18-19-20-22-24-25(3)23-21-7-5-2/h25H,1-2,4-24H2,3H3. The van der Waals surface area contributed by atoms with Crippen molar-refractivity contribution in [3.63, 3.8) is 0 Å². The van der Waals surface area contributed by atoms with Crippen molar-refractivity contribution in [2.45, 2.75) is 142 Å². The van der Waals surface area contributed by atoms with Crippen LogP contribution < -0.4 is 0 Å². The van der Waals surface area contributed by atoms with E-state index >= 15 is 0 Å². The summed E-state index contributed by atoms with van der Waals surface area (Å²) < 4.78 is 0. The van der Waals surface area contributed by atoms with Crippen molar-refractivity contribution in [1.82, 2.24) is 0 Å². The van der Waals surface area contributed by atoms with E-state index in [0.717, 1.165) is 18.8 Å². The maximum Gasteiger partial charge on any atom is -0.0443 e. The second-order valence-corrected chi connectivity index (χ2v) is 8.40. The first-order valence-electron chi connectivity index (χ1n) is 11.9. The van der Waals surface area contributed by atoms with Crippen LogP contribution in [0.15, 0.2) is 0 Å². The summed E-state index contributed by atoms with van der Waals surface area (Å²) in [6, 6.07) is 0. The van der Waals surface area contributed by atoms with E-state index in [1.54, 1.807) is 0 Å². The molecule has 150 valence electrons. The van der Waals surface area contributed by atoms with E-state index in [9.17, 15) is 0 Å². The van der Waals surface area contributed by atoms with Crippen molar-refractivity contribution in [2.24, 2.45) is 5.92 Å². The van der Waals surface area contributed by atoms with Gasteiger partial charge in [0.05, 0.1) is 0 Å². The second-order valence-electron chi connectivity index (χ2n) is 8.40. The maximum absolute atomic E-state index is 3.93. The van der Waals surface area contributed by atoms with Crippen LogP contribution in [0.3, 0.4) is 0 Å². The Kier molecular flexibility index (Phi) is 22.0. The molecule has 0 spiro atoms. The van der Waals surface area contributed by atoms with Gasteiger partial charge in [0.25, 0.3) is 0 Å². The average molecular weight is 351 g/mol. The van der Waals surface area contributed by atoms with Crippen molar-refractivity contribution in [3.05, 3.63) is 13.8 Å². The Hall–Kier alpha value is 0. The lowest BCUT2D eigenvalue weighted by Gasteiger charge is -2.10. The summed E-state index contributed by atoms with van der Waals surface area (Å²) in [6.45, 7) is 10.3. The number of rotatable bonds is 21. The predicted octanol–water partition coefficient (Wildman–Crippen LogP) is 9.48. The van der Waals surface area contributed by atoms with Crippen LogP contribution in [0.5, 0.6) is 0 Å². The Bertz CT molecular complexity index is 220. The minimum Gasteiger partial charge on any atom is -0.0625 e. The lowest BCUT2D eigenvalue weighted by atomic mass is 9.96. The predicted molar refractivity (Wildman–Crippen MR) is 117 cm³/mol. The molecule has 0 heteroatoms. The molecule has 0 N–H and O–H groups in total. The molecule has 1 atom stereocenters. The summed E-state index contributed by atoms with van der Waals surface area (Å²) in [6.07, 6.45) is 29.6. The molecule has 0 nitrogen and oxygen atoms in total. The topological polar surface area (TPSA) is 0 Å². The monoisotopic (exact) mass is 350 g/mol. The van der Waals surface area contributed by atoms with Gasteiger partial charge in [-0.15, -0.1) is 0 Å². The van der Waals surface area contributed by atoms with E-state index in [2.05, 4.69) is 20.8 Å².